The summed E-state index contributed by atoms with van der Waals surface area (Å²) in [7, 11) is 1.53. The monoisotopic (exact) mass is 340 g/mol. The Hall–Kier alpha value is -1.51. The number of hydrogen-bond donors (Lipinski definition) is 1. The van der Waals surface area contributed by atoms with Crippen LogP contribution < -0.4 is 5.32 Å². The summed E-state index contributed by atoms with van der Waals surface area (Å²) in [5.74, 6) is -0.0197. The van der Waals surface area contributed by atoms with Crippen LogP contribution >= 0.6 is 11.3 Å². The summed E-state index contributed by atoms with van der Waals surface area (Å²) in [6, 6.07) is -0.198. The fraction of sp³-hybridized carbons (Fsp3) is 0.667. The molecule has 23 heavy (non-hydrogen) atoms. The van der Waals surface area contributed by atoms with Crippen molar-refractivity contribution in [1.29, 1.82) is 0 Å². The fourth-order valence-corrected chi connectivity index (χ4v) is 3.33. The maximum atomic E-state index is 12.5. The van der Waals surface area contributed by atoms with Crippen molar-refractivity contribution < 1.29 is 14.3 Å². The maximum Gasteiger partial charge on any atom is 0.248 e. The molecule has 2 heterocycles. The van der Waals surface area contributed by atoms with Crippen molar-refractivity contribution in [2.24, 2.45) is 0 Å². The molecule has 1 aliphatic heterocycles. The van der Waals surface area contributed by atoms with Gasteiger partial charge in [0, 0.05) is 44.9 Å². The summed E-state index contributed by atoms with van der Waals surface area (Å²) in [6.07, 6.45) is 3.26. The van der Waals surface area contributed by atoms with Crippen molar-refractivity contribution in [2.45, 2.75) is 25.8 Å². The zero-order valence-electron chi connectivity index (χ0n) is 13.7. The van der Waals surface area contributed by atoms with Gasteiger partial charge in [-0.25, -0.2) is 4.98 Å². The Morgan fingerprint density at radius 2 is 2.22 bits per heavy atom. The van der Waals surface area contributed by atoms with Crippen LogP contribution in [0, 0.1) is 0 Å². The number of anilines is 1. The molecule has 0 bridgehead atoms. The van der Waals surface area contributed by atoms with Gasteiger partial charge in [-0.15, -0.1) is 11.3 Å². The van der Waals surface area contributed by atoms with E-state index in [1.807, 2.05) is 17.2 Å². The standard InChI is InChI=1S/C15H24N4O3S/c1-3-12(14(21)17-15-16-5-10-23-15)18-6-4-7-19(9-8-18)13(20)11-22-2/h5,10,12H,3-4,6-9,11H2,1-2H3,(H,16,17,21)/t12-/m1/s1. The lowest BCUT2D eigenvalue weighted by molar-refractivity contribution is -0.135. The average molecular weight is 340 g/mol. The van der Waals surface area contributed by atoms with E-state index in [0.717, 1.165) is 19.4 Å². The first-order valence-electron chi connectivity index (χ1n) is 7.86. The van der Waals surface area contributed by atoms with E-state index < -0.39 is 0 Å². The van der Waals surface area contributed by atoms with E-state index in [0.29, 0.717) is 24.8 Å². The average Bonchev–Trinajstić information content (AvgIpc) is 2.91. The molecule has 8 heteroatoms. The van der Waals surface area contributed by atoms with E-state index in [4.69, 9.17) is 4.74 Å². The first-order valence-corrected chi connectivity index (χ1v) is 8.74. The van der Waals surface area contributed by atoms with E-state index in [1.165, 1.54) is 18.4 Å². The molecule has 1 aromatic rings. The molecule has 1 aliphatic rings. The van der Waals surface area contributed by atoms with Gasteiger partial charge in [0.05, 0.1) is 6.04 Å². The number of amides is 2. The quantitative estimate of drug-likeness (QED) is 0.837. The van der Waals surface area contributed by atoms with E-state index in [2.05, 4.69) is 15.2 Å². The van der Waals surface area contributed by atoms with E-state index in [-0.39, 0.29) is 24.5 Å². The van der Waals surface area contributed by atoms with Crippen molar-refractivity contribution >= 4 is 28.3 Å². The Balaban J connectivity index is 1.93. The Labute approximate surface area is 140 Å². The molecule has 1 N–H and O–H groups in total. The van der Waals surface area contributed by atoms with Crippen LogP contribution in [0.15, 0.2) is 11.6 Å². The minimum absolute atomic E-state index is 0.00892. The van der Waals surface area contributed by atoms with Crippen LogP contribution in [0.3, 0.4) is 0 Å². The van der Waals surface area contributed by atoms with Crippen molar-refractivity contribution in [1.82, 2.24) is 14.8 Å². The molecule has 0 saturated carbocycles. The molecular formula is C15H24N4O3S. The minimum atomic E-state index is -0.198. The Bertz CT molecular complexity index is 509. The third-order valence-electron chi connectivity index (χ3n) is 3.94. The zero-order chi connectivity index (χ0) is 16.7. The maximum absolute atomic E-state index is 12.5. The predicted molar refractivity (Wildman–Crippen MR) is 89.5 cm³/mol. The number of ether oxygens (including phenoxy) is 1. The molecular weight excluding hydrogens is 316 g/mol. The molecule has 1 atom stereocenters. The Morgan fingerprint density at radius 1 is 1.39 bits per heavy atom. The van der Waals surface area contributed by atoms with Gasteiger partial charge in [-0.2, -0.15) is 0 Å². The third kappa shape index (κ3) is 4.98. The number of carbonyl (C=O) groups excluding carboxylic acids is 2. The number of nitrogens with one attached hydrogen (secondary N) is 1. The summed E-state index contributed by atoms with van der Waals surface area (Å²) in [5.41, 5.74) is 0. The highest BCUT2D eigenvalue weighted by Crippen LogP contribution is 2.15. The molecule has 128 valence electrons. The van der Waals surface area contributed by atoms with Gasteiger partial charge in [0.2, 0.25) is 11.8 Å². The van der Waals surface area contributed by atoms with Gasteiger partial charge < -0.3 is 15.0 Å². The molecule has 0 aromatic carbocycles. The highest BCUT2D eigenvalue weighted by atomic mass is 32.1. The second-order valence-corrected chi connectivity index (χ2v) is 6.35. The number of methoxy groups -OCH3 is 1. The van der Waals surface area contributed by atoms with Gasteiger partial charge in [0.25, 0.3) is 0 Å². The molecule has 0 radical (unpaired) electrons. The normalized spacial score (nSPS) is 17.6. The number of thiazole rings is 1. The zero-order valence-corrected chi connectivity index (χ0v) is 14.5. The second-order valence-electron chi connectivity index (χ2n) is 5.45. The summed E-state index contributed by atoms with van der Waals surface area (Å²) < 4.78 is 4.92. The van der Waals surface area contributed by atoms with Crippen molar-refractivity contribution in [3.8, 4) is 0 Å². The van der Waals surface area contributed by atoms with E-state index in [9.17, 15) is 9.59 Å². The van der Waals surface area contributed by atoms with Crippen LogP contribution in [-0.2, 0) is 14.3 Å². The predicted octanol–water partition coefficient (Wildman–Crippen LogP) is 1.04. The third-order valence-corrected chi connectivity index (χ3v) is 4.63. The van der Waals surface area contributed by atoms with Crippen LogP contribution in [0.25, 0.3) is 0 Å². The van der Waals surface area contributed by atoms with Crippen molar-refractivity contribution in [3.63, 3.8) is 0 Å². The molecule has 0 aliphatic carbocycles. The number of rotatable bonds is 6. The molecule has 0 unspecified atom stereocenters. The number of nitrogens with zero attached hydrogens (tertiary/aromatic N) is 3. The largest absolute Gasteiger partial charge is 0.375 e. The lowest BCUT2D eigenvalue weighted by Gasteiger charge is -2.28. The van der Waals surface area contributed by atoms with Gasteiger partial charge in [-0.1, -0.05) is 6.92 Å². The van der Waals surface area contributed by atoms with Gasteiger partial charge in [0.1, 0.15) is 6.61 Å². The van der Waals surface area contributed by atoms with Crippen LogP contribution in [0.4, 0.5) is 5.13 Å². The first-order chi connectivity index (χ1) is 11.2. The van der Waals surface area contributed by atoms with Gasteiger partial charge in [0.15, 0.2) is 5.13 Å². The number of hydrogen-bond acceptors (Lipinski definition) is 6. The number of carbonyl (C=O) groups is 2. The smallest absolute Gasteiger partial charge is 0.248 e. The summed E-state index contributed by atoms with van der Waals surface area (Å²) in [5, 5.41) is 5.33. The minimum Gasteiger partial charge on any atom is -0.375 e. The molecule has 2 rings (SSSR count). The molecule has 7 nitrogen and oxygen atoms in total. The van der Waals surface area contributed by atoms with Gasteiger partial charge >= 0.3 is 0 Å². The lowest BCUT2D eigenvalue weighted by Crippen LogP contribution is -2.46. The van der Waals surface area contributed by atoms with E-state index in [1.54, 1.807) is 6.20 Å². The summed E-state index contributed by atoms with van der Waals surface area (Å²) >= 11 is 1.41. The Morgan fingerprint density at radius 3 is 2.87 bits per heavy atom. The summed E-state index contributed by atoms with van der Waals surface area (Å²) in [6.45, 7) is 4.96. The topological polar surface area (TPSA) is 74.8 Å². The molecule has 1 aromatic heterocycles. The lowest BCUT2D eigenvalue weighted by atomic mass is 10.1. The van der Waals surface area contributed by atoms with Crippen molar-refractivity contribution in [3.05, 3.63) is 11.6 Å². The second kappa shape index (κ2) is 8.95. The SMILES string of the molecule is CC[C@H](C(=O)Nc1nccs1)N1CCCN(C(=O)COC)CC1. The van der Waals surface area contributed by atoms with Gasteiger partial charge in [-0.3, -0.25) is 14.5 Å². The highest BCUT2D eigenvalue weighted by Gasteiger charge is 2.27. The fourth-order valence-electron chi connectivity index (χ4n) is 2.80. The van der Waals surface area contributed by atoms with Gasteiger partial charge in [-0.05, 0) is 12.8 Å². The molecule has 0 spiro atoms. The number of aromatic nitrogens is 1. The molecule has 2 amide bonds. The molecule has 1 fully saturated rings. The van der Waals surface area contributed by atoms with E-state index >= 15 is 0 Å². The summed E-state index contributed by atoms with van der Waals surface area (Å²) in [4.78, 5) is 32.5. The highest BCUT2D eigenvalue weighted by molar-refractivity contribution is 7.13. The first kappa shape index (κ1) is 17.8. The van der Waals surface area contributed by atoms with Crippen molar-refractivity contribution in [2.75, 3.05) is 45.2 Å². The van der Waals surface area contributed by atoms with Crippen LogP contribution in [0.5, 0.6) is 0 Å². The van der Waals surface area contributed by atoms with Crippen LogP contribution in [-0.4, -0.2) is 72.5 Å². The molecule has 1 saturated heterocycles. The van der Waals surface area contributed by atoms with Crippen LogP contribution in [0.1, 0.15) is 19.8 Å². The van der Waals surface area contributed by atoms with Crippen LogP contribution in [0.2, 0.25) is 0 Å². The Kier molecular flexibility index (Phi) is 6.94.